The fourth-order valence-corrected chi connectivity index (χ4v) is 17.3. The predicted octanol–water partition coefficient (Wildman–Crippen LogP) is 4.65. The minimum atomic E-state index is -1.24. The Kier molecular flexibility index (Phi) is 9.49. The number of nitrogens with zero attached hydrogens (tertiary/aromatic N) is 1. The first-order valence-electron chi connectivity index (χ1n) is 8.54. The highest BCUT2D eigenvalue weighted by atomic mass is 28.4. The Hall–Kier alpha value is 0.354. The molecule has 0 aromatic heterocycles. The summed E-state index contributed by atoms with van der Waals surface area (Å²) < 4.78 is 3.12. The van der Waals surface area contributed by atoms with Crippen molar-refractivity contribution in [1.82, 2.24) is 4.23 Å². The average molecular weight is 303 g/mol. The van der Waals surface area contributed by atoms with E-state index >= 15 is 0 Å². The summed E-state index contributed by atoms with van der Waals surface area (Å²) in [5.41, 5.74) is 5.82. The second kappa shape index (κ2) is 9.32. The van der Waals surface area contributed by atoms with Gasteiger partial charge in [0.2, 0.25) is 0 Å². The highest BCUT2D eigenvalue weighted by Gasteiger charge is 2.45. The van der Waals surface area contributed by atoms with Crippen molar-refractivity contribution in [3.05, 3.63) is 0 Å². The summed E-state index contributed by atoms with van der Waals surface area (Å²) in [6.07, 6.45) is 1.18. The van der Waals surface area contributed by atoms with E-state index in [-0.39, 0.29) is 0 Å². The number of hydrogen-bond donors (Lipinski definition) is 1. The van der Waals surface area contributed by atoms with Gasteiger partial charge in [0.1, 0.15) is 16.5 Å². The molecule has 0 rings (SSSR count). The lowest BCUT2D eigenvalue weighted by atomic mass is 10.4. The highest BCUT2D eigenvalue weighted by molar-refractivity contribution is 6.92. The maximum Gasteiger partial charge on any atom is 0.120 e. The Morgan fingerprint density at radius 2 is 1.00 bits per heavy atom. The lowest BCUT2D eigenvalue weighted by molar-refractivity contribution is 0.554. The van der Waals surface area contributed by atoms with Gasteiger partial charge < -0.3 is 9.96 Å². The van der Waals surface area contributed by atoms with Gasteiger partial charge >= 0.3 is 0 Å². The molecule has 4 heteroatoms. The second-order valence-corrected chi connectivity index (χ2v) is 16.5. The molecular formula is C15H38N2Si2. The van der Waals surface area contributed by atoms with Crippen LogP contribution in [0.3, 0.4) is 0 Å². The van der Waals surface area contributed by atoms with Crippen LogP contribution in [-0.2, 0) is 0 Å². The van der Waals surface area contributed by atoms with E-state index in [2.05, 4.69) is 45.8 Å². The predicted molar refractivity (Wildman–Crippen MR) is 94.8 cm³/mol. The van der Waals surface area contributed by atoms with Crippen LogP contribution < -0.4 is 5.73 Å². The summed E-state index contributed by atoms with van der Waals surface area (Å²) in [7, 11) is -2.49. The maximum absolute atomic E-state index is 5.82. The van der Waals surface area contributed by atoms with E-state index in [0.717, 1.165) is 6.54 Å². The van der Waals surface area contributed by atoms with Gasteiger partial charge in [0.15, 0.2) is 0 Å². The van der Waals surface area contributed by atoms with Crippen LogP contribution >= 0.6 is 0 Å². The van der Waals surface area contributed by atoms with Crippen LogP contribution in [0.5, 0.6) is 0 Å². The molecule has 0 saturated carbocycles. The molecule has 0 fully saturated rings. The molecule has 0 aliphatic rings. The molecule has 0 saturated heterocycles. The number of rotatable bonds is 11. The van der Waals surface area contributed by atoms with Crippen molar-refractivity contribution < 1.29 is 0 Å². The standard InChI is InChI=1S/C15H38N2Si2/c1-7-18(8-2,9-3)17(15-13-14-16)19(10-4,11-5)12-6/h7-16H2,1-6H3. The van der Waals surface area contributed by atoms with Crippen LogP contribution in [0.4, 0.5) is 0 Å². The molecule has 0 aliphatic heterocycles. The van der Waals surface area contributed by atoms with Crippen LogP contribution in [0.15, 0.2) is 0 Å². The van der Waals surface area contributed by atoms with Gasteiger partial charge in [-0.05, 0) is 55.8 Å². The monoisotopic (exact) mass is 302 g/mol. The summed E-state index contributed by atoms with van der Waals surface area (Å²) >= 11 is 0. The molecule has 116 valence electrons. The van der Waals surface area contributed by atoms with E-state index in [1.165, 1.54) is 49.2 Å². The zero-order valence-electron chi connectivity index (χ0n) is 14.4. The molecule has 0 atom stereocenters. The summed E-state index contributed by atoms with van der Waals surface area (Å²) in [5.74, 6) is 0. The Bertz CT molecular complexity index is 190. The minimum Gasteiger partial charge on any atom is -0.345 e. The Morgan fingerprint density at radius 3 is 1.21 bits per heavy atom. The second-order valence-electron chi connectivity index (χ2n) is 5.86. The number of hydrogen-bond acceptors (Lipinski definition) is 2. The summed E-state index contributed by atoms with van der Waals surface area (Å²) in [5, 5.41) is 0. The SMILES string of the molecule is CC[Si](CC)(CC)N(CCCN)[Si](CC)(CC)CC. The van der Waals surface area contributed by atoms with E-state index < -0.39 is 16.5 Å². The van der Waals surface area contributed by atoms with E-state index in [0.29, 0.717) is 0 Å². The van der Waals surface area contributed by atoms with Gasteiger partial charge in [-0.15, -0.1) is 0 Å². The maximum atomic E-state index is 5.82. The van der Waals surface area contributed by atoms with Gasteiger partial charge in [-0.2, -0.15) is 0 Å². The lowest BCUT2D eigenvalue weighted by Crippen LogP contribution is -2.66. The molecule has 0 heterocycles. The normalized spacial score (nSPS) is 13.3. The van der Waals surface area contributed by atoms with Crippen LogP contribution in [0.25, 0.3) is 0 Å². The summed E-state index contributed by atoms with van der Waals surface area (Å²) in [6, 6.07) is 8.50. The molecule has 0 unspecified atom stereocenters. The van der Waals surface area contributed by atoms with Crippen molar-refractivity contribution >= 4 is 16.5 Å². The van der Waals surface area contributed by atoms with Crippen LogP contribution in [0.2, 0.25) is 36.3 Å². The molecule has 0 aromatic carbocycles. The molecule has 0 bridgehead atoms. The molecule has 2 N–H and O–H groups in total. The topological polar surface area (TPSA) is 29.3 Å². The fraction of sp³-hybridized carbons (Fsp3) is 1.00. The van der Waals surface area contributed by atoms with Gasteiger partial charge in [-0.1, -0.05) is 41.5 Å². The van der Waals surface area contributed by atoms with E-state index in [1.54, 1.807) is 0 Å². The zero-order chi connectivity index (χ0) is 14.9. The highest BCUT2D eigenvalue weighted by Crippen LogP contribution is 2.35. The molecule has 0 spiro atoms. The largest absolute Gasteiger partial charge is 0.345 e. The van der Waals surface area contributed by atoms with E-state index in [9.17, 15) is 0 Å². The van der Waals surface area contributed by atoms with E-state index in [1.807, 2.05) is 0 Å². The fourth-order valence-electron chi connectivity index (χ4n) is 3.87. The third-order valence-electron chi connectivity index (χ3n) is 5.68. The van der Waals surface area contributed by atoms with Crippen molar-refractivity contribution in [2.24, 2.45) is 5.73 Å². The average Bonchev–Trinajstić information content (AvgIpc) is 2.48. The van der Waals surface area contributed by atoms with Gasteiger partial charge in [0, 0.05) is 0 Å². The number of nitrogens with two attached hydrogens (primary N) is 1. The molecule has 0 radical (unpaired) electrons. The molecule has 0 aromatic rings. The zero-order valence-corrected chi connectivity index (χ0v) is 16.4. The van der Waals surface area contributed by atoms with Gasteiger partial charge in [-0.3, -0.25) is 0 Å². The molecule has 0 aliphatic carbocycles. The smallest absolute Gasteiger partial charge is 0.120 e. The molecule has 2 nitrogen and oxygen atoms in total. The Labute approximate surface area is 124 Å². The van der Waals surface area contributed by atoms with Crippen LogP contribution in [0, 0.1) is 0 Å². The van der Waals surface area contributed by atoms with Crippen LogP contribution in [0.1, 0.15) is 48.0 Å². The van der Waals surface area contributed by atoms with Gasteiger partial charge in [0.25, 0.3) is 0 Å². The van der Waals surface area contributed by atoms with Crippen molar-refractivity contribution in [2.75, 3.05) is 13.1 Å². The Balaban J connectivity index is 5.49. The molecular weight excluding hydrogens is 264 g/mol. The van der Waals surface area contributed by atoms with Crippen molar-refractivity contribution in [3.63, 3.8) is 0 Å². The third kappa shape index (κ3) is 4.16. The lowest BCUT2D eigenvalue weighted by Gasteiger charge is -2.52. The van der Waals surface area contributed by atoms with Crippen molar-refractivity contribution in [1.29, 1.82) is 0 Å². The van der Waals surface area contributed by atoms with Crippen LogP contribution in [-0.4, -0.2) is 33.8 Å². The Morgan fingerprint density at radius 1 is 0.684 bits per heavy atom. The minimum absolute atomic E-state index is 0.847. The first-order chi connectivity index (χ1) is 9.06. The summed E-state index contributed by atoms with van der Waals surface area (Å²) in [4.78, 5) is 0. The molecule has 0 amide bonds. The summed E-state index contributed by atoms with van der Waals surface area (Å²) in [6.45, 7) is 16.8. The first kappa shape index (κ1) is 19.4. The van der Waals surface area contributed by atoms with Gasteiger partial charge in [0.05, 0.1) is 0 Å². The van der Waals surface area contributed by atoms with E-state index in [4.69, 9.17) is 5.73 Å². The van der Waals surface area contributed by atoms with Crippen molar-refractivity contribution in [2.45, 2.75) is 84.2 Å². The quantitative estimate of drug-likeness (QED) is 0.563. The third-order valence-corrected chi connectivity index (χ3v) is 19.2. The van der Waals surface area contributed by atoms with Crippen molar-refractivity contribution in [3.8, 4) is 0 Å². The first-order valence-corrected chi connectivity index (χ1v) is 13.7. The molecule has 19 heavy (non-hydrogen) atoms. The van der Waals surface area contributed by atoms with Gasteiger partial charge in [-0.25, -0.2) is 0 Å².